The zero-order valence-electron chi connectivity index (χ0n) is 13.4. The summed E-state index contributed by atoms with van der Waals surface area (Å²) in [6.07, 6.45) is 0. The quantitative estimate of drug-likeness (QED) is 0.860. The number of benzene rings is 2. The molecule has 0 unspecified atom stereocenters. The Labute approximate surface area is 155 Å². The van der Waals surface area contributed by atoms with Crippen LogP contribution in [0.15, 0.2) is 47.4 Å². The van der Waals surface area contributed by atoms with E-state index >= 15 is 0 Å². The van der Waals surface area contributed by atoms with Crippen LogP contribution in [0.4, 0.5) is 0 Å². The summed E-state index contributed by atoms with van der Waals surface area (Å²) in [5.41, 5.74) is -0.779. The van der Waals surface area contributed by atoms with E-state index in [0.29, 0.717) is 22.1 Å². The van der Waals surface area contributed by atoms with Crippen molar-refractivity contribution < 1.29 is 23.0 Å². The van der Waals surface area contributed by atoms with E-state index in [2.05, 4.69) is 0 Å². The number of nitriles is 1. The summed E-state index contributed by atoms with van der Waals surface area (Å²) in [5.74, 6) is 0.410. The minimum absolute atomic E-state index is 0.0724. The molecule has 0 spiro atoms. The SMILES string of the molecule is N#C[C@]1(CO)[C@@H](c2ccc3c(c2)OCO3)[C@@H]1S(=O)(=O)c1ccc(Cl)cc1. The van der Waals surface area contributed by atoms with E-state index in [4.69, 9.17) is 21.1 Å². The third-order valence-corrected chi connectivity index (χ3v) is 7.50. The van der Waals surface area contributed by atoms with Gasteiger partial charge in [0, 0.05) is 10.9 Å². The number of nitrogens with zero attached hydrogens (tertiary/aromatic N) is 1. The Morgan fingerprint density at radius 2 is 1.88 bits per heavy atom. The fraction of sp³-hybridized carbons (Fsp3) is 0.278. The number of hydrogen-bond acceptors (Lipinski definition) is 6. The third kappa shape index (κ3) is 2.37. The highest BCUT2D eigenvalue weighted by molar-refractivity contribution is 7.92. The molecule has 0 amide bonds. The molecule has 26 heavy (non-hydrogen) atoms. The molecule has 3 atom stereocenters. The van der Waals surface area contributed by atoms with Gasteiger partial charge in [-0.05, 0) is 42.0 Å². The number of fused-ring (bicyclic) bond motifs is 1. The Balaban J connectivity index is 1.77. The summed E-state index contributed by atoms with van der Waals surface area (Å²) in [5, 5.41) is 18.9. The van der Waals surface area contributed by atoms with E-state index in [1.54, 1.807) is 18.2 Å². The fourth-order valence-electron chi connectivity index (χ4n) is 3.57. The lowest BCUT2D eigenvalue weighted by atomic mass is 10.0. The maximum absolute atomic E-state index is 13.1. The molecule has 1 aliphatic heterocycles. The van der Waals surface area contributed by atoms with Gasteiger partial charge in [-0.25, -0.2) is 8.42 Å². The monoisotopic (exact) mass is 391 g/mol. The summed E-state index contributed by atoms with van der Waals surface area (Å²) < 4.78 is 36.8. The van der Waals surface area contributed by atoms with Crippen LogP contribution in [0.2, 0.25) is 5.02 Å². The second-order valence-corrected chi connectivity index (χ2v) is 8.83. The van der Waals surface area contributed by atoms with Gasteiger partial charge < -0.3 is 14.6 Å². The highest BCUT2D eigenvalue weighted by atomic mass is 35.5. The van der Waals surface area contributed by atoms with Crippen molar-refractivity contribution in [3.63, 3.8) is 0 Å². The lowest BCUT2D eigenvalue weighted by Crippen LogP contribution is -2.18. The van der Waals surface area contributed by atoms with Crippen molar-refractivity contribution in [3.8, 4) is 17.6 Å². The van der Waals surface area contributed by atoms with Crippen LogP contribution in [-0.2, 0) is 9.84 Å². The number of halogens is 1. The van der Waals surface area contributed by atoms with Gasteiger partial charge >= 0.3 is 0 Å². The van der Waals surface area contributed by atoms with Gasteiger partial charge in [-0.1, -0.05) is 17.7 Å². The number of ether oxygens (including phenoxy) is 2. The molecule has 2 aromatic carbocycles. The first-order valence-corrected chi connectivity index (χ1v) is 9.77. The number of rotatable bonds is 4. The Bertz CT molecular complexity index is 1010. The van der Waals surface area contributed by atoms with Gasteiger partial charge in [-0.15, -0.1) is 0 Å². The van der Waals surface area contributed by atoms with E-state index in [1.807, 2.05) is 6.07 Å². The first-order chi connectivity index (χ1) is 12.4. The molecular formula is C18H14ClNO5S. The van der Waals surface area contributed by atoms with Crippen molar-refractivity contribution in [2.24, 2.45) is 5.41 Å². The lowest BCUT2D eigenvalue weighted by Gasteiger charge is -2.06. The molecule has 1 fully saturated rings. The second kappa shape index (κ2) is 5.88. The first-order valence-electron chi connectivity index (χ1n) is 7.85. The highest BCUT2D eigenvalue weighted by Gasteiger charge is 2.72. The lowest BCUT2D eigenvalue weighted by molar-refractivity contribution is 0.174. The molecule has 0 radical (unpaired) electrons. The van der Waals surface area contributed by atoms with Crippen LogP contribution >= 0.6 is 11.6 Å². The fourth-order valence-corrected chi connectivity index (χ4v) is 6.01. The Morgan fingerprint density at radius 3 is 2.54 bits per heavy atom. The second-order valence-electron chi connectivity index (χ2n) is 6.32. The zero-order valence-corrected chi connectivity index (χ0v) is 15.0. The summed E-state index contributed by atoms with van der Waals surface area (Å²) >= 11 is 5.83. The molecule has 1 aliphatic carbocycles. The molecule has 4 rings (SSSR count). The molecular weight excluding hydrogens is 378 g/mol. The highest BCUT2D eigenvalue weighted by Crippen LogP contribution is 2.64. The molecule has 134 valence electrons. The van der Waals surface area contributed by atoms with E-state index in [-0.39, 0.29) is 11.7 Å². The normalized spacial score (nSPS) is 26.3. The molecule has 1 N–H and O–H groups in total. The molecule has 0 bridgehead atoms. The Kier molecular flexibility index (Phi) is 3.88. The van der Waals surface area contributed by atoms with Gasteiger partial charge in [0.05, 0.1) is 22.8 Å². The van der Waals surface area contributed by atoms with Crippen molar-refractivity contribution in [1.29, 1.82) is 5.26 Å². The standard InChI is InChI=1S/C18H14ClNO5S/c19-12-2-4-13(5-3-12)26(22,23)17-16(18(17,8-20)9-21)11-1-6-14-15(7-11)25-10-24-14/h1-7,16-17,21H,9-10H2/t16-,17-,18-/m0/s1. The zero-order chi connectivity index (χ0) is 18.5. The summed E-state index contributed by atoms with van der Waals surface area (Å²) in [6.45, 7) is -0.459. The van der Waals surface area contributed by atoms with Crippen molar-refractivity contribution in [3.05, 3.63) is 53.1 Å². The number of sulfone groups is 1. The molecule has 2 aromatic rings. The van der Waals surface area contributed by atoms with Crippen LogP contribution in [0.25, 0.3) is 0 Å². The molecule has 2 aliphatic rings. The van der Waals surface area contributed by atoms with Crippen LogP contribution in [-0.4, -0.2) is 32.2 Å². The van der Waals surface area contributed by atoms with Gasteiger partial charge in [-0.3, -0.25) is 0 Å². The van der Waals surface area contributed by atoms with Crippen LogP contribution < -0.4 is 9.47 Å². The largest absolute Gasteiger partial charge is 0.454 e. The van der Waals surface area contributed by atoms with Crippen molar-refractivity contribution in [2.45, 2.75) is 16.1 Å². The molecule has 1 heterocycles. The van der Waals surface area contributed by atoms with Gasteiger partial charge in [0.15, 0.2) is 21.3 Å². The van der Waals surface area contributed by atoms with Crippen molar-refractivity contribution in [1.82, 2.24) is 0 Å². The van der Waals surface area contributed by atoms with Gasteiger partial charge in [0.1, 0.15) is 5.41 Å². The molecule has 0 aromatic heterocycles. The van der Waals surface area contributed by atoms with Crippen LogP contribution in [0.5, 0.6) is 11.5 Å². The average Bonchev–Trinajstić information content (AvgIpc) is 3.12. The number of aliphatic hydroxyl groups is 1. The van der Waals surface area contributed by atoms with E-state index in [0.717, 1.165) is 0 Å². The van der Waals surface area contributed by atoms with Crippen molar-refractivity contribution in [2.75, 3.05) is 13.4 Å². The van der Waals surface area contributed by atoms with Crippen LogP contribution in [0.1, 0.15) is 11.5 Å². The maximum atomic E-state index is 13.1. The summed E-state index contributed by atoms with van der Waals surface area (Å²) in [4.78, 5) is 0.0724. The minimum atomic E-state index is -3.84. The summed E-state index contributed by atoms with van der Waals surface area (Å²) in [7, 11) is -3.84. The van der Waals surface area contributed by atoms with E-state index in [1.165, 1.54) is 24.3 Å². The Morgan fingerprint density at radius 1 is 1.19 bits per heavy atom. The van der Waals surface area contributed by atoms with E-state index < -0.39 is 33.0 Å². The van der Waals surface area contributed by atoms with Crippen LogP contribution in [0.3, 0.4) is 0 Å². The maximum Gasteiger partial charge on any atom is 0.231 e. The number of hydrogen-bond donors (Lipinski definition) is 1. The predicted octanol–water partition coefficient (Wildman–Crippen LogP) is 2.51. The summed E-state index contributed by atoms with van der Waals surface area (Å²) in [6, 6.07) is 12.9. The van der Waals surface area contributed by atoms with Crippen LogP contribution in [0, 0.1) is 16.7 Å². The number of aliphatic hydroxyl groups excluding tert-OH is 1. The van der Waals surface area contributed by atoms with Gasteiger partial charge in [-0.2, -0.15) is 5.26 Å². The Hall–Kier alpha value is -2.27. The topological polar surface area (TPSA) is 96.6 Å². The molecule has 8 heteroatoms. The molecule has 0 saturated heterocycles. The van der Waals surface area contributed by atoms with Gasteiger partial charge in [0.2, 0.25) is 6.79 Å². The smallest absolute Gasteiger partial charge is 0.231 e. The molecule has 1 saturated carbocycles. The average molecular weight is 392 g/mol. The molecule has 6 nitrogen and oxygen atoms in total. The van der Waals surface area contributed by atoms with Crippen molar-refractivity contribution >= 4 is 21.4 Å². The third-order valence-electron chi connectivity index (χ3n) is 4.96. The van der Waals surface area contributed by atoms with E-state index in [9.17, 15) is 18.8 Å². The first kappa shape index (κ1) is 17.2. The van der Waals surface area contributed by atoms with Gasteiger partial charge in [0.25, 0.3) is 0 Å². The minimum Gasteiger partial charge on any atom is -0.454 e. The predicted molar refractivity (Wildman–Crippen MR) is 92.9 cm³/mol.